The van der Waals surface area contributed by atoms with E-state index in [2.05, 4.69) is 16.0 Å². The summed E-state index contributed by atoms with van der Waals surface area (Å²) in [6.07, 6.45) is -1.10. The minimum Gasteiger partial charge on any atom is -0.341 e. The summed E-state index contributed by atoms with van der Waals surface area (Å²) >= 11 is 0. The Balaban J connectivity index is 1.54. The number of hydrogen-bond acceptors (Lipinski definition) is 4. The number of carbonyl (C=O) groups is 3. The third-order valence-corrected chi connectivity index (χ3v) is 5.81. The summed E-state index contributed by atoms with van der Waals surface area (Å²) < 4.78 is 26.9. The topological polar surface area (TPSA) is 90.5 Å². The van der Waals surface area contributed by atoms with Crippen molar-refractivity contribution < 1.29 is 23.2 Å². The van der Waals surface area contributed by atoms with Crippen molar-refractivity contribution in [3.63, 3.8) is 0 Å². The Labute approximate surface area is 201 Å². The lowest BCUT2D eigenvalue weighted by Crippen LogP contribution is -2.58. The van der Waals surface area contributed by atoms with Crippen LogP contribution in [0.15, 0.2) is 72.8 Å². The highest BCUT2D eigenvalue weighted by Crippen LogP contribution is 2.33. The van der Waals surface area contributed by atoms with Crippen molar-refractivity contribution >= 4 is 23.4 Å². The third kappa shape index (κ3) is 5.20. The zero-order chi connectivity index (χ0) is 25.1. The fourth-order valence-electron chi connectivity index (χ4n) is 4.00. The summed E-state index contributed by atoms with van der Waals surface area (Å²) in [6.45, 7) is 1.41. The molecule has 1 heterocycles. The molecule has 0 aromatic heterocycles. The number of halogens is 2. The van der Waals surface area contributed by atoms with Crippen LogP contribution in [0, 0.1) is 11.6 Å². The average molecular weight is 478 g/mol. The Morgan fingerprint density at radius 2 is 1.60 bits per heavy atom. The molecule has 3 aromatic carbocycles. The van der Waals surface area contributed by atoms with Gasteiger partial charge in [0.15, 0.2) is 6.17 Å². The van der Waals surface area contributed by atoms with E-state index in [4.69, 9.17) is 0 Å². The molecule has 0 spiro atoms. The Morgan fingerprint density at radius 1 is 0.971 bits per heavy atom. The van der Waals surface area contributed by atoms with E-state index in [0.717, 1.165) is 23.3 Å². The average Bonchev–Trinajstić information content (AvgIpc) is 2.94. The first-order chi connectivity index (χ1) is 16.7. The van der Waals surface area contributed by atoms with Gasteiger partial charge in [-0.3, -0.25) is 19.7 Å². The van der Waals surface area contributed by atoms with Crippen LogP contribution >= 0.6 is 0 Å². The van der Waals surface area contributed by atoms with Crippen LogP contribution in [-0.2, 0) is 9.59 Å². The zero-order valence-electron chi connectivity index (χ0n) is 19.1. The lowest BCUT2D eigenvalue weighted by molar-refractivity contribution is -0.129. The van der Waals surface area contributed by atoms with Crippen molar-refractivity contribution in [1.82, 2.24) is 16.0 Å². The number of nitrogens with zero attached hydrogens (tertiary/aromatic N) is 1. The molecule has 3 unspecified atom stereocenters. The van der Waals surface area contributed by atoms with Crippen LogP contribution in [0.1, 0.15) is 34.5 Å². The molecule has 0 aliphatic carbocycles. The number of para-hydroxylation sites is 1. The molecule has 1 aliphatic rings. The standard InChI is InChI=1S/C26H24F2N4O3/c1-15(29-25(34)17-12-18(27)14-19(28)13-17)24(33)31-23-26(35)32(2)21-11-7-6-10-20(21)22(30-23)16-8-4-3-5-9-16/h3-15,22-23,30H,1-2H3,(H,29,34)(H,31,33). The summed E-state index contributed by atoms with van der Waals surface area (Å²) in [7, 11) is 1.62. The minimum atomic E-state index is -1.10. The maximum absolute atomic E-state index is 13.5. The first kappa shape index (κ1) is 24.0. The fourth-order valence-corrected chi connectivity index (χ4v) is 4.00. The second-order valence-electron chi connectivity index (χ2n) is 8.26. The van der Waals surface area contributed by atoms with E-state index in [1.54, 1.807) is 7.05 Å². The van der Waals surface area contributed by atoms with Crippen LogP contribution in [0.5, 0.6) is 0 Å². The Bertz CT molecular complexity index is 1250. The van der Waals surface area contributed by atoms with Gasteiger partial charge in [-0.1, -0.05) is 48.5 Å². The van der Waals surface area contributed by atoms with Crippen molar-refractivity contribution in [2.45, 2.75) is 25.2 Å². The molecule has 35 heavy (non-hydrogen) atoms. The van der Waals surface area contributed by atoms with Gasteiger partial charge >= 0.3 is 0 Å². The molecule has 0 bridgehead atoms. The van der Waals surface area contributed by atoms with Gasteiger partial charge in [-0.2, -0.15) is 0 Å². The zero-order valence-corrected chi connectivity index (χ0v) is 19.1. The fraction of sp³-hybridized carbons (Fsp3) is 0.192. The highest BCUT2D eigenvalue weighted by molar-refractivity contribution is 6.01. The predicted octanol–water partition coefficient (Wildman–Crippen LogP) is 2.88. The summed E-state index contributed by atoms with van der Waals surface area (Å²) in [4.78, 5) is 40.0. The molecule has 0 radical (unpaired) electrons. The predicted molar refractivity (Wildman–Crippen MR) is 126 cm³/mol. The van der Waals surface area contributed by atoms with Gasteiger partial charge in [-0.05, 0) is 36.2 Å². The maximum Gasteiger partial charge on any atom is 0.264 e. The number of rotatable bonds is 5. The van der Waals surface area contributed by atoms with Gasteiger partial charge in [-0.15, -0.1) is 0 Å². The van der Waals surface area contributed by atoms with Gasteiger partial charge < -0.3 is 15.5 Å². The van der Waals surface area contributed by atoms with Crippen molar-refractivity contribution in [2.24, 2.45) is 0 Å². The SMILES string of the molecule is CC(NC(=O)c1cc(F)cc(F)c1)C(=O)NC1NC(c2ccccc2)c2ccccc2N(C)C1=O. The maximum atomic E-state index is 13.5. The molecule has 0 fully saturated rings. The Morgan fingerprint density at radius 3 is 2.29 bits per heavy atom. The molecule has 3 N–H and O–H groups in total. The molecule has 3 atom stereocenters. The van der Waals surface area contributed by atoms with Gasteiger partial charge in [0.2, 0.25) is 5.91 Å². The second kappa shape index (κ2) is 10.0. The van der Waals surface area contributed by atoms with Crippen LogP contribution in [0.3, 0.4) is 0 Å². The molecule has 0 saturated heterocycles. The number of fused-ring (bicyclic) bond motifs is 1. The van der Waals surface area contributed by atoms with Gasteiger partial charge in [-0.25, -0.2) is 8.78 Å². The van der Waals surface area contributed by atoms with E-state index in [1.807, 2.05) is 54.6 Å². The molecule has 9 heteroatoms. The second-order valence-corrected chi connectivity index (χ2v) is 8.26. The van der Waals surface area contributed by atoms with Crippen molar-refractivity contribution in [3.8, 4) is 0 Å². The highest BCUT2D eigenvalue weighted by Gasteiger charge is 2.35. The van der Waals surface area contributed by atoms with Crippen LogP contribution in [0.25, 0.3) is 0 Å². The van der Waals surface area contributed by atoms with Crippen molar-refractivity contribution in [1.29, 1.82) is 0 Å². The number of carbonyl (C=O) groups excluding carboxylic acids is 3. The number of anilines is 1. The van der Waals surface area contributed by atoms with Gasteiger partial charge in [0.25, 0.3) is 11.8 Å². The van der Waals surface area contributed by atoms with Crippen molar-refractivity contribution in [2.75, 3.05) is 11.9 Å². The smallest absolute Gasteiger partial charge is 0.264 e. The summed E-state index contributed by atoms with van der Waals surface area (Å²) in [6, 6.07) is 17.8. The number of hydrogen-bond donors (Lipinski definition) is 3. The minimum absolute atomic E-state index is 0.259. The van der Waals surface area contributed by atoms with Crippen LogP contribution in [0.4, 0.5) is 14.5 Å². The van der Waals surface area contributed by atoms with Gasteiger partial charge in [0.05, 0.1) is 6.04 Å². The lowest BCUT2D eigenvalue weighted by atomic mass is 9.97. The quantitative estimate of drug-likeness (QED) is 0.526. The first-order valence-corrected chi connectivity index (χ1v) is 11.0. The van der Waals surface area contributed by atoms with Crippen LogP contribution in [0.2, 0.25) is 0 Å². The summed E-state index contributed by atoms with van der Waals surface area (Å²) in [5.74, 6) is -3.68. The van der Waals surface area contributed by atoms with Crippen LogP contribution < -0.4 is 20.9 Å². The Hall–Kier alpha value is -4.11. The number of amides is 3. The van der Waals surface area contributed by atoms with Crippen LogP contribution in [-0.4, -0.2) is 37.0 Å². The largest absolute Gasteiger partial charge is 0.341 e. The molecule has 180 valence electrons. The highest BCUT2D eigenvalue weighted by atomic mass is 19.1. The number of likely N-dealkylation sites (N-methyl/N-ethyl adjacent to an activating group) is 1. The molecule has 4 rings (SSSR count). The molecule has 3 amide bonds. The monoisotopic (exact) mass is 478 g/mol. The normalized spacial score (nSPS) is 18.3. The first-order valence-electron chi connectivity index (χ1n) is 11.0. The molecule has 3 aromatic rings. The van der Waals surface area contributed by atoms with Crippen molar-refractivity contribution in [3.05, 3.63) is 101 Å². The van der Waals surface area contributed by atoms with E-state index in [9.17, 15) is 23.2 Å². The molecular formula is C26H24F2N4O3. The third-order valence-electron chi connectivity index (χ3n) is 5.81. The number of nitrogens with one attached hydrogen (secondary N) is 3. The van der Waals surface area contributed by atoms with E-state index in [1.165, 1.54) is 11.8 Å². The molecular weight excluding hydrogens is 454 g/mol. The summed E-state index contributed by atoms with van der Waals surface area (Å²) in [5.41, 5.74) is 2.20. The number of benzene rings is 3. The molecule has 7 nitrogen and oxygen atoms in total. The van der Waals surface area contributed by atoms with Gasteiger partial charge in [0, 0.05) is 24.4 Å². The molecule has 0 saturated carbocycles. The van der Waals surface area contributed by atoms with E-state index < -0.39 is 47.6 Å². The lowest BCUT2D eigenvalue weighted by Gasteiger charge is -2.25. The summed E-state index contributed by atoms with van der Waals surface area (Å²) in [5, 5.41) is 8.27. The molecule has 1 aliphatic heterocycles. The van der Waals surface area contributed by atoms with E-state index >= 15 is 0 Å². The van der Waals surface area contributed by atoms with E-state index in [-0.39, 0.29) is 5.56 Å². The Kier molecular flexibility index (Phi) is 6.88. The van der Waals surface area contributed by atoms with Gasteiger partial charge in [0.1, 0.15) is 17.7 Å². The van der Waals surface area contributed by atoms with E-state index in [0.29, 0.717) is 11.8 Å².